The quantitative estimate of drug-likeness (QED) is 0.406. The lowest BCUT2D eigenvalue weighted by molar-refractivity contribution is -0.143. The second-order valence-corrected chi connectivity index (χ2v) is 9.68. The number of nitrogens with zero attached hydrogens (tertiary/aromatic N) is 3. The summed E-state index contributed by atoms with van der Waals surface area (Å²) < 4.78 is 0. The normalized spacial score (nSPS) is 14.7. The van der Waals surface area contributed by atoms with Crippen molar-refractivity contribution in [1.29, 1.82) is 5.26 Å². The molecular formula is C29H29ClN4O2. The molecule has 6 nitrogen and oxygen atoms in total. The van der Waals surface area contributed by atoms with Gasteiger partial charge in [-0.3, -0.25) is 14.7 Å². The molecule has 0 atom stereocenters. The molecule has 3 aromatic rings. The summed E-state index contributed by atoms with van der Waals surface area (Å²) in [6.07, 6.45) is 6.75. The molecule has 0 bridgehead atoms. The average Bonchev–Trinajstić information content (AvgIpc) is 2.87. The molecule has 0 amide bonds. The number of piperidine rings is 1. The van der Waals surface area contributed by atoms with E-state index in [1.54, 1.807) is 6.20 Å². The summed E-state index contributed by atoms with van der Waals surface area (Å²) in [6, 6.07) is 13.8. The molecule has 1 aliphatic heterocycles. The minimum Gasteiger partial charge on any atom is -0.481 e. The smallest absolute Gasteiger partial charge is 0.306 e. The zero-order valence-electron chi connectivity index (χ0n) is 20.5. The van der Waals surface area contributed by atoms with E-state index in [0.717, 1.165) is 53.0 Å². The van der Waals surface area contributed by atoms with Gasteiger partial charge in [0.1, 0.15) is 6.07 Å². The fourth-order valence-electron chi connectivity index (χ4n) is 4.68. The first-order chi connectivity index (χ1) is 17.3. The number of rotatable bonds is 6. The van der Waals surface area contributed by atoms with E-state index in [9.17, 15) is 15.2 Å². The van der Waals surface area contributed by atoms with Crippen LogP contribution >= 0.6 is 11.6 Å². The van der Waals surface area contributed by atoms with Crippen LogP contribution in [0.5, 0.6) is 0 Å². The van der Waals surface area contributed by atoms with Crippen LogP contribution in [0, 0.1) is 31.1 Å². The number of carboxylic acids is 1. The van der Waals surface area contributed by atoms with Crippen LogP contribution in [0.2, 0.25) is 5.02 Å². The van der Waals surface area contributed by atoms with Gasteiger partial charge in [0.2, 0.25) is 0 Å². The first-order valence-corrected chi connectivity index (χ1v) is 12.3. The van der Waals surface area contributed by atoms with Crippen LogP contribution in [0.1, 0.15) is 46.4 Å². The summed E-state index contributed by atoms with van der Waals surface area (Å²) in [5.74, 6) is -0.945. The van der Waals surface area contributed by atoms with Crippen molar-refractivity contribution in [3.8, 4) is 17.2 Å². The monoisotopic (exact) mass is 500 g/mol. The van der Waals surface area contributed by atoms with Gasteiger partial charge in [-0.25, -0.2) is 0 Å². The highest BCUT2D eigenvalue weighted by Gasteiger charge is 2.24. The topological polar surface area (TPSA) is 103 Å². The molecule has 1 saturated heterocycles. The maximum absolute atomic E-state index is 11.2. The van der Waals surface area contributed by atoms with Gasteiger partial charge in [-0.15, -0.1) is 0 Å². The minimum absolute atomic E-state index is 0.243. The highest BCUT2D eigenvalue weighted by molar-refractivity contribution is 6.32. The van der Waals surface area contributed by atoms with Crippen molar-refractivity contribution in [1.82, 2.24) is 9.88 Å². The van der Waals surface area contributed by atoms with Gasteiger partial charge in [0.15, 0.2) is 0 Å². The molecule has 1 aromatic heterocycles. The van der Waals surface area contributed by atoms with E-state index in [2.05, 4.69) is 22.9 Å². The number of nitriles is 1. The molecular weight excluding hydrogens is 472 g/mol. The maximum atomic E-state index is 11.2. The molecule has 36 heavy (non-hydrogen) atoms. The lowest BCUT2D eigenvalue weighted by Gasteiger charge is -2.30. The third kappa shape index (κ3) is 5.43. The Morgan fingerprint density at radius 2 is 1.97 bits per heavy atom. The van der Waals surface area contributed by atoms with Crippen LogP contribution in [-0.4, -0.2) is 34.0 Å². The molecule has 1 fully saturated rings. The van der Waals surface area contributed by atoms with E-state index in [0.29, 0.717) is 34.8 Å². The van der Waals surface area contributed by atoms with Gasteiger partial charge in [0.25, 0.3) is 0 Å². The second kappa shape index (κ2) is 10.9. The lowest BCUT2D eigenvalue weighted by atomic mass is 9.95. The number of aryl methyl sites for hydroxylation is 1. The van der Waals surface area contributed by atoms with Crippen molar-refractivity contribution < 1.29 is 9.90 Å². The number of nitrogen functional groups attached to an aromatic ring is 1. The van der Waals surface area contributed by atoms with Crippen LogP contribution in [0.4, 0.5) is 5.69 Å². The maximum Gasteiger partial charge on any atom is 0.306 e. The number of anilines is 1. The van der Waals surface area contributed by atoms with Crippen molar-refractivity contribution >= 4 is 35.4 Å². The molecule has 184 valence electrons. The largest absolute Gasteiger partial charge is 0.481 e. The fourth-order valence-corrected chi connectivity index (χ4v) is 4.93. The highest BCUT2D eigenvalue weighted by atomic mass is 35.5. The van der Waals surface area contributed by atoms with Gasteiger partial charge in [-0.05, 0) is 91.9 Å². The lowest BCUT2D eigenvalue weighted by Crippen LogP contribution is -2.36. The van der Waals surface area contributed by atoms with Crippen LogP contribution in [0.15, 0.2) is 42.6 Å². The van der Waals surface area contributed by atoms with E-state index in [-0.39, 0.29) is 5.92 Å². The number of carbonyl (C=O) groups is 1. The van der Waals surface area contributed by atoms with Gasteiger partial charge < -0.3 is 10.8 Å². The summed E-state index contributed by atoms with van der Waals surface area (Å²) in [4.78, 5) is 17.9. The Bertz CT molecular complexity index is 1370. The third-order valence-electron chi connectivity index (χ3n) is 6.96. The van der Waals surface area contributed by atoms with Gasteiger partial charge in [0.05, 0.1) is 17.2 Å². The molecule has 1 aliphatic rings. The Morgan fingerprint density at radius 3 is 2.67 bits per heavy atom. The number of carboxylic acid groups (broad SMARTS) is 1. The average molecular weight is 501 g/mol. The van der Waals surface area contributed by atoms with Crippen LogP contribution in [0.3, 0.4) is 0 Å². The second-order valence-electron chi connectivity index (χ2n) is 9.27. The molecule has 2 aromatic carbocycles. The number of halogens is 1. The van der Waals surface area contributed by atoms with Gasteiger partial charge in [-0.2, -0.15) is 5.26 Å². The molecule has 7 heteroatoms. The molecule has 3 N–H and O–H groups in total. The van der Waals surface area contributed by atoms with E-state index in [1.807, 2.05) is 55.5 Å². The molecule has 0 spiro atoms. The first-order valence-electron chi connectivity index (χ1n) is 11.9. The summed E-state index contributed by atoms with van der Waals surface area (Å²) >= 11 is 6.64. The zero-order valence-corrected chi connectivity index (χ0v) is 21.2. The standard InChI is InChI=1S/C29H29ClN4O2/c1-18-14-21(26(30)15-22(18)17-34-12-9-20(10-13-34)29(35)36)6-7-28-25(16-31)24(8-11-33-28)23-4-3-5-27(32)19(23)2/h3-8,11,14-15,20H,9-10,12-13,17,32H2,1-2H3,(H,35,36)/b7-6+. The number of hydrogen-bond donors (Lipinski definition) is 2. The molecule has 4 rings (SSSR count). The zero-order chi connectivity index (χ0) is 25.8. The van der Waals surface area contributed by atoms with Gasteiger partial charge in [-0.1, -0.05) is 35.9 Å². The van der Waals surface area contributed by atoms with Crippen LogP contribution in [-0.2, 0) is 11.3 Å². The van der Waals surface area contributed by atoms with Gasteiger partial charge in [0, 0.05) is 29.0 Å². The van der Waals surface area contributed by atoms with Crippen molar-refractivity contribution in [3.63, 3.8) is 0 Å². The van der Waals surface area contributed by atoms with Crippen molar-refractivity contribution in [2.45, 2.75) is 33.2 Å². The predicted octanol–water partition coefficient (Wildman–Crippen LogP) is 5.94. The van der Waals surface area contributed by atoms with Gasteiger partial charge >= 0.3 is 5.97 Å². The number of aliphatic carboxylic acids is 1. The molecule has 0 unspecified atom stereocenters. The summed E-state index contributed by atoms with van der Waals surface area (Å²) in [6.45, 7) is 6.27. The van der Waals surface area contributed by atoms with E-state index < -0.39 is 5.97 Å². The Hall–Kier alpha value is -3.66. The van der Waals surface area contributed by atoms with Crippen molar-refractivity contribution in [2.24, 2.45) is 5.92 Å². The molecule has 2 heterocycles. The van der Waals surface area contributed by atoms with Crippen molar-refractivity contribution in [3.05, 3.63) is 81.1 Å². The van der Waals surface area contributed by atoms with E-state index >= 15 is 0 Å². The van der Waals surface area contributed by atoms with Crippen LogP contribution in [0.25, 0.3) is 23.3 Å². The number of likely N-dealkylation sites (tertiary alicyclic amines) is 1. The predicted molar refractivity (Wildman–Crippen MR) is 144 cm³/mol. The van der Waals surface area contributed by atoms with Crippen molar-refractivity contribution in [2.75, 3.05) is 18.8 Å². The minimum atomic E-state index is -0.701. The Kier molecular flexibility index (Phi) is 7.73. The Labute approximate surface area is 216 Å². The summed E-state index contributed by atoms with van der Waals surface area (Å²) in [5.41, 5.74) is 13.5. The van der Waals surface area contributed by atoms with Crippen LogP contribution < -0.4 is 5.73 Å². The SMILES string of the molecule is Cc1cc(/C=C/c2nccc(-c3cccc(N)c3C)c2C#N)c(Cl)cc1CN1CCC(C(=O)O)CC1. The Morgan fingerprint density at radius 1 is 1.22 bits per heavy atom. The van der Waals surface area contributed by atoms with E-state index in [4.69, 9.17) is 17.3 Å². The molecule has 0 saturated carbocycles. The summed E-state index contributed by atoms with van der Waals surface area (Å²) in [5, 5.41) is 19.8. The number of pyridine rings is 1. The molecule has 0 aliphatic carbocycles. The number of nitrogens with two attached hydrogens (primary N) is 1. The fraction of sp³-hybridized carbons (Fsp3) is 0.276. The third-order valence-corrected chi connectivity index (χ3v) is 7.29. The summed E-state index contributed by atoms with van der Waals surface area (Å²) in [7, 11) is 0. The number of hydrogen-bond acceptors (Lipinski definition) is 5. The molecule has 0 radical (unpaired) electrons. The number of aromatic nitrogens is 1. The number of benzene rings is 2. The Balaban J connectivity index is 1.56. The van der Waals surface area contributed by atoms with E-state index in [1.165, 1.54) is 0 Å². The highest BCUT2D eigenvalue weighted by Crippen LogP contribution is 2.32. The first kappa shape index (κ1) is 25.4.